The van der Waals surface area contributed by atoms with E-state index in [2.05, 4.69) is 15.0 Å². The van der Waals surface area contributed by atoms with Crippen LogP contribution in [-0.4, -0.2) is 31.9 Å². The molecule has 0 aromatic carbocycles. The van der Waals surface area contributed by atoms with Crippen molar-refractivity contribution < 1.29 is 13.2 Å². The highest BCUT2D eigenvalue weighted by Gasteiger charge is 2.24. The van der Waals surface area contributed by atoms with Gasteiger partial charge < -0.3 is 5.32 Å². The van der Waals surface area contributed by atoms with Gasteiger partial charge in [-0.15, -0.1) is 0 Å². The fourth-order valence-electron chi connectivity index (χ4n) is 1.38. The van der Waals surface area contributed by atoms with Gasteiger partial charge in [0.1, 0.15) is 10.0 Å². The highest BCUT2D eigenvalue weighted by molar-refractivity contribution is 7.89. The number of rotatable bonds is 6. The third kappa shape index (κ3) is 4.73. The monoisotopic (exact) mass is 319 g/mol. The van der Waals surface area contributed by atoms with Crippen molar-refractivity contribution in [3.05, 3.63) is 23.5 Å². The van der Waals surface area contributed by atoms with E-state index in [1.807, 2.05) is 13.8 Å². The average molecular weight is 320 g/mol. The third-order valence-electron chi connectivity index (χ3n) is 2.42. The van der Waals surface area contributed by atoms with E-state index in [0.717, 1.165) is 0 Å². The van der Waals surface area contributed by atoms with E-state index >= 15 is 0 Å². The number of hydrogen-bond acceptors (Lipinski definition) is 4. The molecule has 2 N–H and O–H groups in total. The van der Waals surface area contributed by atoms with Gasteiger partial charge in [0.2, 0.25) is 15.9 Å². The normalized spacial score (nSPS) is 13.2. The van der Waals surface area contributed by atoms with Gasteiger partial charge in [0.05, 0.1) is 6.04 Å². The number of halogens is 1. The summed E-state index contributed by atoms with van der Waals surface area (Å²) in [5, 5.41) is 2.53. The van der Waals surface area contributed by atoms with Crippen LogP contribution in [0.15, 0.2) is 23.2 Å². The zero-order chi connectivity index (χ0) is 15.3. The number of hydrogen-bond donors (Lipinski definition) is 2. The molecule has 8 heteroatoms. The minimum atomic E-state index is -3.88. The van der Waals surface area contributed by atoms with E-state index < -0.39 is 16.1 Å². The highest BCUT2D eigenvalue weighted by Crippen LogP contribution is 2.17. The summed E-state index contributed by atoms with van der Waals surface area (Å²) in [7, 11) is -3.88. The Bertz CT molecular complexity index is 575. The molecular weight excluding hydrogens is 302 g/mol. The van der Waals surface area contributed by atoms with Crippen molar-refractivity contribution in [1.29, 1.82) is 0 Å². The Morgan fingerprint density at radius 3 is 2.60 bits per heavy atom. The summed E-state index contributed by atoms with van der Waals surface area (Å²) in [5.41, 5.74) is 0. The molecule has 1 aromatic rings. The van der Waals surface area contributed by atoms with Crippen LogP contribution in [0.25, 0.3) is 0 Å². The number of nitrogens with zero attached hydrogens (tertiary/aromatic N) is 1. The summed E-state index contributed by atoms with van der Waals surface area (Å²) in [6, 6.07) is 1.90. The lowest BCUT2D eigenvalue weighted by molar-refractivity contribution is -0.122. The molecule has 0 spiro atoms. The molecule has 0 aliphatic heterocycles. The van der Waals surface area contributed by atoms with Crippen LogP contribution in [0.3, 0.4) is 0 Å². The number of sulfonamides is 1. The molecule has 0 aliphatic rings. The smallest absolute Gasteiger partial charge is 0.244 e. The Hall–Kier alpha value is -1.18. The fourth-order valence-corrected chi connectivity index (χ4v) is 3.03. The molecule has 0 radical (unpaired) electrons. The van der Waals surface area contributed by atoms with Crippen LogP contribution in [0.5, 0.6) is 0 Å². The molecule has 6 nitrogen and oxygen atoms in total. The molecule has 1 rings (SSSR count). The molecule has 20 heavy (non-hydrogen) atoms. The van der Waals surface area contributed by atoms with Crippen LogP contribution in [-0.2, 0) is 14.8 Å². The van der Waals surface area contributed by atoms with E-state index in [-0.39, 0.29) is 21.9 Å². The van der Waals surface area contributed by atoms with Crippen LogP contribution in [0.2, 0.25) is 5.15 Å². The maximum Gasteiger partial charge on any atom is 0.244 e. The zero-order valence-corrected chi connectivity index (χ0v) is 13.1. The molecule has 1 unspecified atom stereocenters. The van der Waals surface area contributed by atoms with Crippen molar-refractivity contribution >= 4 is 27.5 Å². The Morgan fingerprint density at radius 2 is 2.05 bits per heavy atom. The molecule has 0 fully saturated rings. The van der Waals surface area contributed by atoms with E-state index in [1.54, 1.807) is 0 Å². The number of aromatic nitrogens is 1. The summed E-state index contributed by atoms with van der Waals surface area (Å²) in [6.45, 7) is 5.85. The Morgan fingerprint density at radius 1 is 1.40 bits per heavy atom. The van der Waals surface area contributed by atoms with Gasteiger partial charge in [-0.05, 0) is 25.0 Å². The van der Waals surface area contributed by atoms with Gasteiger partial charge in [-0.25, -0.2) is 13.4 Å². The number of nitrogens with one attached hydrogen (secondary N) is 2. The van der Waals surface area contributed by atoms with Crippen LogP contribution in [0.1, 0.15) is 20.8 Å². The van der Waals surface area contributed by atoms with Crippen molar-refractivity contribution in [2.45, 2.75) is 31.7 Å². The van der Waals surface area contributed by atoms with Crippen LogP contribution < -0.4 is 10.0 Å². The lowest BCUT2D eigenvalue weighted by atomic mass is 10.2. The van der Waals surface area contributed by atoms with E-state index in [0.29, 0.717) is 6.54 Å². The Labute approximate surface area is 124 Å². The first-order chi connectivity index (χ1) is 9.24. The van der Waals surface area contributed by atoms with E-state index in [9.17, 15) is 13.2 Å². The van der Waals surface area contributed by atoms with Gasteiger partial charge in [0.25, 0.3) is 0 Å². The molecule has 0 saturated carbocycles. The van der Waals surface area contributed by atoms with Crippen molar-refractivity contribution in [3.63, 3.8) is 0 Å². The third-order valence-corrected chi connectivity index (χ3v) is 4.41. The van der Waals surface area contributed by atoms with Gasteiger partial charge in [-0.3, -0.25) is 4.79 Å². The van der Waals surface area contributed by atoms with Crippen LogP contribution in [0, 0.1) is 5.92 Å². The molecule has 1 atom stereocenters. The summed E-state index contributed by atoms with van der Waals surface area (Å²) in [6.07, 6.45) is 1.39. The lowest BCUT2D eigenvalue weighted by Gasteiger charge is -2.15. The maximum atomic E-state index is 12.1. The second kappa shape index (κ2) is 7.01. The van der Waals surface area contributed by atoms with Crippen molar-refractivity contribution in [1.82, 2.24) is 15.0 Å². The van der Waals surface area contributed by atoms with E-state index in [4.69, 9.17) is 11.6 Å². The first kappa shape index (κ1) is 16.9. The first-order valence-corrected chi connectivity index (χ1v) is 8.00. The molecule has 1 amide bonds. The number of carbonyl (C=O) groups is 1. The number of amides is 1. The molecule has 0 saturated heterocycles. The van der Waals surface area contributed by atoms with Gasteiger partial charge in [0, 0.05) is 12.7 Å². The number of pyridine rings is 1. The standard InChI is InChI=1S/C12H18ClN3O3S/c1-8(2)7-15-12(17)9(3)16-20(18,19)10-5-4-6-14-11(10)13/h4-6,8-9,16H,7H2,1-3H3,(H,15,17). The van der Waals surface area contributed by atoms with Crippen molar-refractivity contribution in [2.24, 2.45) is 5.92 Å². The molecule has 1 aromatic heterocycles. The van der Waals surface area contributed by atoms with Crippen molar-refractivity contribution in [3.8, 4) is 0 Å². The van der Waals surface area contributed by atoms with Crippen LogP contribution >= 0.6 is 11.6 Å². The van der Waals surface area contributed by atoms with Gasteiger partial charge >= 0.3 is 0 Å². The molecule has 112 valence electrons. The average Bonchev–Trinajstić information content (AvgIpc) is 2.35. The fraction of sp³-hybridized carbons (Fsp3) is 0.500. The van der Waals surface area contributed by atoms with E-state index in [1.165, 1.54) is 25.3 Å². The topological polar surface area (TPSA) is 88.2 Å². The minimum absolute atomic E-state index is 0.130. The van der Waals surface area contributed by atoms with Gasteiger partial charge in [-0.2, -0.15) is 4.72 Å². The second-order valence-corrected chi connectivity index (χ2v) is 6.81. The molecule has 1 heterocycles. The molecular formula is C12H18ClN3O3S. The Kier molecular flexibility index (Phi) is 5.91. The predicted molar refractivity (Wildman–Crippen MR) is 76.9 cm³/mol. The largest absolute Gasteiger partial charge is 0.354 e. The Balaban J connectivity index is 2.77. The summed E-state index contributed by atoms with van der Waals surface area (Å²) in [5.74, 6) is -0.0992. The lowest BCUT2D eigenvalue weighted by Crippen LogP contribution is -2.45. The molecule has 0 bridgehead atoms. The van der Waals surface area contributed by atoms with Gasteiger partial charge in [0.15, 0.2) is 0 Å². The molecule has 0 aliphatic carbocycles. The summed E-state index contributed by atoms with van der Waals surface area (Å²) < 4.78 is 26.5. The predicted octanol–water partition coefficient (Wildman–Crippen LogP) is 1.17. The number of carbonyl (C=O) groups excluding carboxylic acids is 1. The summed E-state index contributed by atoms with van der Waals surface area (Å²) >= 11 is 5.74. The van der Waals surface area contributed by atoms with Gasteiger partial charge in [-0.1, -0.05) is 25.4 Å². The first-order valence-electron chi connectivity index (χ1n) is 6.14. The van der Waals surface area contributed by atoms with Crippen LogP contribution in [0.4, 0.5) is 0 Å². The second-order valence-electron chi connectivity index (χ2n) is 4.77. The van der Waals surface area contributed by atoms with Crippen molar-refractivity contribution in [2.75, 3.05) is 6.54 Å². The zero-order valence-electron chi connectivity index (χ0n) is 11.6. The highest BCUT2D eigenvalue weighted by atomic mass is 35.5. The SMILES string of the molecule is CC(C)CNC(=O)C(C)NS(=O)(=O)c1cccnc1Cl. The summed E-state index contributed by atoms with van der Waals surface area (Å²) in [4.78, 5) is 15.3. The maximum absolute atomic E-state index is 12.1. The minimum Gasteiger partial charge on any atom is -0.354 e. The quantitative estimate of drug-likeness (QED) is 0.770.